The lowest BCUT2D eigenvalue weighted by molar-refractivity contribution is -0.123. The summed E-state index contributed by atoms with van der Waals surface area (Å²) in [6.45, 7) is -0.00945. The lowest BCUT2D eigenvalue weighted by Crippen LogP contribution is -2.49. The number of rotatable bonds is 4. The van der Waals surface area contributed by atoms with Gasteiger partial charge in [0.1, 0.15) is 12.2 Å². The van der Waals surface area contributed by atoms with Gasteiger partial charge in [0, 0.05) is 12.2 Å². The fourth-order valence-electron chi connectivity index (χ4n) is 5.65. The van der Waals surface area contributed by atoms with Crippen molar-refractivity contribution in [2.24, 2.45) is 5.92 Å². The Morgan fingerprint density at radius 1 is 0.833 bits per heavy atom. The number of fused-ring (bicyclic) bond motifs is 3. The van der Waals surface area contributed by atoms with Crippen LogP contribution in [-0.2, 0) is 16.1 Å². The van der Waals surface area contributed by atoms with Crippen molar-refractivity contribution in [2.75, 3.05) is 16.3 Å². The molecule has 1 saturated carbocycles. The molecular weight excluding hydrogens is 456 g/mol. The van der Waals surface area contributed by atoms with Crippen LogP contribution >= 0.6 is 0 Å². The summed E-state index contributed by atoms with van der Waals surface area (Å²) < 4.78 is 0. The number of hydrogen-bond donors (Lipinski definition) is 0. The molecule has 8 heteroatoms. The summed E-state index contributed by atoms with van der Waals surface area (Å²) in [4.78, 5) is 61.9. The van der Waals surface area contributed by atoms with Crippen LogP contribution in [0.3, 0.4) is 0 Å². The van der Waals surface area contributed by atoms with E-state index in [2.05, 4.69) is 4.98 Å². The van der Waals surface area contributed by atoms with Gasteiger partial charge in [0.25, 0.3) is 11.8 Å². The zero-order valence-electron chi connectivity index (χ0n) is 19.5. The minimum absolute atomic E-state index is 0.00552. The molecule has 1 fully saturated rings. The molecule has 8 nitrogen and oxygen atoms in total. The molecule has 36 heavy (non-hydrogen) atoms. The Labute approximate surface area is 208 Å². The number of amides is 4. The second-order valence-electron chi connectivity index (χ2n) is 9.36. The number of nitrogens with zero attached hydrogens (tertiary/aromatic N) is 4. The number of para-hydroxylation sites is 2. The summed E-state index contributed by atoms with van der Waals surface area (Å²) in [5, 5.41) is 0. The van der Waals surface area contributed by atoms with Gasteiger partial charge in [-0.2, -0.15) is 0 Å². The second-order valence-corrected chi connectivity index (χ2v) is 9.36. The number of imide groups is 1. The van der Waals surface area contributed by atoms with Gasteiger partial charge in [-0.25, -0.2) is 0 Å². The van der Waals surface area contributed by atoms with Gasteiger partial charge in [0.05, 0.1) is 29.4 Å². The van der Waals surface area contributed by atoms with Crippen molar-refractivity contribution < 1.29 is 19.2 Å². The van der Waals surface area contributed by atoms with E-state index >= 15 is 0 Å². The van der Waals surface area contributed by atoms with Gasteiger partial charge < -0.3 is 9.80 Å². The van der Waals surface area contributed by atoms with E-state index in [0.29, 0.717) is 30.8 Å². The first-order chi connectivity index (χ1) is 17.5. The molecule has 3 heterocycles. The second kappa shape index (κ2) is 8.71. The van der Waals surface area contributed by atoms with Crippen LogP contribution < -0.4 is 9.80 Å². The van der Waals surface area contributed by atoms with Gasteiger partial charge in [0.2, 0.25) is 11.8 Å². The Morgan fingerprint density at radius 3 is 2.36 bits per heavy atom. The minimum Gasteiger partial charge on any atom is -0.306 e. The van der Waals surface area contributed by atoms with Crippen molar-refractivity contribution in [3.05, 3.63) is 89.7 Å². The van der Waals surface area contributed by atoms with Crippen LogP contribution in [0.1, 0.15) is 45.7 Å². The third-order valence-electron chi connectivity index (χ3n) is 7.30. The van der Waals surface area contributed by atoms with E-state index in [4.69, 9.17) is 0 Å². The molecule has 0 saturated heterocycles. The molecule has 180 valence electrons. The lowest BCUT2D eigenvalue weighted by Gasteiger charge is -2.31. The van der Waals surface area contributed by atoms with Crippen molar-refractivity contribution in [2.45, 2.75) is 31.8 Å². The van der Waals surface area contributed by atoms with E-state index < -0.39 is 18.4 Å². The number of pyridine rings is 1. The maximum atomic E-state index is 13.9. The third-order valence-corrected chi connectivity index (χ3v) is 7.30. The summed E-state index contributed by atoms with van der Waals surface area (Å²) in [6.07, 6.45) is 3.64. The number of hydrogen-bond acceptors (Lipinski definition) is 5. The number of carbonyl (C=O) groups is 4. The molecule has 0 bridgehead atoms. The fraction of sp³-hybridized carbons (Fsp3) is 0.250. The van der Waals surface area contributed by atoms with Crippen LogP contribution in [-0.4, -0.2) is 46.1 Å². The Morgan fingerprint density at radius 2 is 1.58 bits per heavy atom. The van der Waals surface area contributed by atoms with Gasteiger partial charge in [-0.3, -0.25) is 29.1 Å². The molecule has 0 radical (unpaired) electrons. The van der Waals surface area contributed by atoms with Gasteiger partial charge >= 0.3 is 0 Å². The number of carbonyl (C=O) groups excluding carboxylic acids is 4. The molecule has 0 N–H and O–H groups in total. The molecule has 4 amide bonds. The first-order valence-corrected chi connectivity index (χ1v) is 12.1. The molecule has 1 aliphatic carbocycles. The molecule has 6 rings (SSSR count). The summed E-state index contributed by atoms with van der Waals surface area (Å²) in [5.41, 5.74) is 2.53. The highest BCUT2D eigenvalue weighted by atomic mass is 16.2. The number of anilines is 2. The summed E-state index contributed by atoms with van der Waals surface area (Å²) in [5.74, 6) is -1.84. The number of benzene rings is 2. The Kier molecular flexibility index (Phi) is 5.36. The number of aromatic nitrogens is 1. The quantitative estimate of drug-likeness (QED) is 0.534. The highest BCUT2D eigenvalue weighted by Gasteiger charge is 2.47. The van der Waals surface area contributed by atoms with E-state index in [1.54, 1.807) is 21.9 Å². The summed E-state index contributed by atoms with van der Waals surface area (Å²) >= 11 is 0. The van der Waals surface area contributed by atoms with Gasteiger partial charge in [-0.05, 0) is 42.7 Å². The lowest BCUT2D eigenvalue weighted by atomic mass is 10.0. The van der Waals surface area contributed by atoms with E-state index in [1.807, 2.05) is 54.6 Å². The molecule has 3 aromatic rings. The van der Waals surface area contributed by atoms with E-state index in [9.17, 15) is 19.2 Å². The Bertz CT molecular complexity index is 1350. The standard InChI is InChI=1S/C28H24N4O4/c33-24(17-31-27(35)20-11-7-15-29-25(20)28(31)36)32-21-14-6-10-19(21)26(34)30(16-18-8-2-1-3-9-18)22-12-4-5-13-23(22)32/h1-5,7-9,11-13,15,19,21H,6,10,14,16-17H2/t19-,21+/m0/s1. The van der Waals surface area contributed by atoms with Crippen molar-refractivity contribution in [1.29, 1.82) is 0 Å². The summed E-state index contributed by atoms with van der Waals surface area (Å²) in [6, 6.07) is 19.9. The molecule has 2 atom stereocenters. The predicted molar refractivity (Wildman–Crippen MR) is 132 cm³/mol. The zero-order chi connectivity index (χ0) is 24.8. The highest BCUT2D eigenvalue weighted by Crippen LogP contribution is 2.43. The molecule has 2 aromatic carbocycles. The van der Waals surface area contributed by atoms with Crippen LogP contribution in [0.2, 0.25) is 0 Å². The first kappa shape index (κ1) is 22.2. The van der Waals surface area contributed by atoms with Crippen molar-refractivity contribution in [1.82, 2.24) is 9.88 Å². The van der Waals surface area contributed by atoms with Crippen LogP contribution in [0, 0.1) is 5.92 Å². The molecule has 1 aromatic heterocycles. The van der Waals surface area contributed by atoms with Crippen LogP contribution in [0.4, 0.5) is 11.4 Å². The fourth-order valence-corrected chi connectivity index (χ4v) is 5.65. The van der Waals surface area contributed by atoms with Crippen LogP contribution in [0.25, 0.3) is 0 Å². The van der Waals surface area contributed by atoms with Crippen molar-refractivity contribution in [3.8, 4) is 0 Å². The van der Waals surface area contributed by atoms with Gasteiger partial charge in [-0.15, -0.1) is 0 Å². The van der Waals surface area contributed by atoms with Crippen molar-refractivity contribution in [3.63, 3.8) is 0 Å². The minimum atomic E-state index is -0.572. The van der Waals surface area contributed by atoms with Crippen molar-refractivity contribution >= 4 is 35.0 Å². The monoisotopic (exact) mass is 480 g/mol. The van der Waals surface area contributed by atoms with Crippen LogP contribution in [0.5, 0.6) is 0 Å². The maximum Gasteiger partial charge on any atom is 0.280 e. The van der Waals surface area contributed by atoms with Crippen LogP contribution in [0.15, 0.2) is 72.9 Å². The molecule has 0 spiro atoms. The predicted octanol–water partition coefficient (Wildman–Crippen LogP) is 3.43. The Balaban J connectivity index is 1.37. The van der Waals surface area contributed by atoms with E-state index in [0.717, 1.165) is 16.9 Å². The topological polar surface area (TPSA) is 90.9 Å². The zero-order valence-corrected chi connectivity index (χ0v) is 19.5. The largest absolute Gasteiger partial charge is 0.306 e. The SMILES string of the molecule is O=C1c2cccnc2C(=O)N1CC(=O)N1c2ccccc2N(Cc2ccccc2)C(=O)[C@H]2CCC[C@H]21. The average Bonchev–Trinajstić information content (AvgIpc) is 3.45. The normalized spacial score (nSPS) is 20.8. The Hall–Kier alpha value is -4.33. The average molecular weight is 481 g/mol. The first-order valence-electron chi connectivity index (χ1n) is 12.1. The van der Waals surface area contributed by atoms with E-state index in [-0.39, 0.29) is 35.0 Å². The molecular formula is C28H24N4O4. The highest BCUT2D eigenvalue weighted by molar-refractivity contribution is 6.22. The smallest absolute Gasteiger partial charge is 0.280 e. The summed E-state index contributed by atoms with van der Waals surface area (Å²) in [7, 11) is 0. The van der Waals surface area contributed by atoms with Gasteiger partial charge in [0.15, 0.2) is 0 Å². The molecule has 2 aliphatic heterocycles. The maximum absolute atomic E-state index is 13.9. The third kappa shape index (κ3) is 3.48. The molecule has 0 unspecified atom stereocenters. The van der Waals surface area contributed by atoms with Gasteiger partial charge in [-0.1, -0.05) is 48.9 Å². The van der Waals surface area contributed by atoms with E-state index in [1.165, 1.54) is 6.20 Å². The molecule has 3 aliphatic rings.